The minimum Gasteiger partial charge on any atom is -0.475 e. The number of carbonyl (C=O) groups is 2. The highest BCUT2D eigenvalue weighted by atomic mass is 19.4. The number of rotatable bonds is 0. The molecule has 0 aromatic rings. The fourth-order valence-corrected chi connectivity index (χ4v) is 1.04. The average molecular weight is 241 g/mol. The molecule has 0 spiro atoms. The Hall–Kier alpha value is -1.11. The van der Waals surface area contributed by atoms with Gasteiger partial charge in [0.05, 0.1) is 0 Å². The third-order valence-electron chi connectivity index (χ3n) is 2.09. The third-order valence-corrected chi connectivity index (χ3v) is 2.09. The lowest BCUT2D eigenvalue weighted by molar-refractivity contribution is -0.192. The second-order valence-electron chi connectivity index (χ2n) is 4.04. The van der Waals surface area contributed by atoms with Gasteiger partial charge in [0.2, 0.25) is 0 Å². The minimum absolute atomic E-state index is 0.113. The lowest BCUT2D eigenvalue weighted by Gasteiger charge is -2.27. The van der Waals surface area contributed by atoms with E-state index in [0.717, 1.165) is 13.1 Å². The summed E-state index contributed by atoms with van der Waals surface area (Å²) in [6.45, 7) is 5.68. The zero-order chi connectivity index (χ0) is 13.0. The quantitative estimate of drug-likeness (QED) is 0.669. The number of aliphatic carboxylic acids is 1. The van der Waals surface area contributed by atoms with Crippen LogP contribution in [-0.2, 0) is 9.59 Å². The standard InChI is InChI=1S/C7H13NO.C2HF3O2/c1-7(2)5-8-4-3-6(7)9;3-2(4,5)1(6)7/h8H,3-5H2,1-2H3;(H,6,7). The molecule has 0 amide bonds. The van der Waals surface area contributed by atoms with Gasteiger partial charge in [0.25, 0.3) is 0 Å². The lowest BCUT2D eigenvalue weighted by Crippen LogP contribution is -2.43. The van der Waals surface area contributed by atoms with Gasteiger partial charge in [-0.1, -0.05) is 13.8 Å². The SMILES string of the molecule is CC1(C)CNCCC1=O.O=C(O)C(F)(F)F. The molecular weight excluding hydrogens is 227 g/mol. The van der Waals surface area contributed by atoms with E-state index in [4.69, 9.17) is 9.90 Å². The number of hydrogen-bond donors (Lipinski definition) is 2. The van der Waals surface area contributed by atoms with Crippen LogP contribution in [0.2, 0.25) is 0 Å². The molecule has 1 aliphatic heterocycles. The van der Waals surface area contributed by atoms with Crippen molar-refractivity contribution in [2.75, 3.05) is 13.1 Å². The monoisotopic (exact) mass is 241 g/mol. The molecule has 0 aliphatic carbocycles. The molecule has 0 unspecified atom stereocenters. The second kappa shape index (κ2) is 5.29. The summed E-state index contributed by atoms with van der Waals surface area (Å²) in [5.74, 6) is -2.37. The van der Waals surface area contributed by atoms with Crippen LogP contribution in [0, 0.1) is 5.41 Å². The van der Waals surface area contributed by atoms with Crippen molar-refractivity contribution in [3.8, 4) is 0 Å². The molecule has 0 atom stereocenters. The maximum Gasteiger partial charge on any atom is 0.490 e. The van der Waals surface area contributed by atoms with E-state index in [2.05, 4.69) is 5.32 Å². The highest BCUT2D eigenvalue weighted by Gasteiger charge is 2.38. The lowest BCUT2D eigenvalue weighted by atomic mass is 9.84. The number of carboxylic acid groups (broad SMARTS) is 1. The molecule has 0 radical (unpaired) electrons. The molecule has 0 aromatic carbocycles. The van der Waals surface area contributed by atoms with Crippen molar-refractivity contribution >= 4 is 11.8 Å². The average Bonchev–Trinajstić information content (AvgIpc) is 2.09. The number of piperidine rings is 1. The van der Waals surface area contributed by atoms with Crippen LogP contribution in [0.4, 0.5) is 13.2 Å². The molecule has 1 fully saturated rings. The molecule has 0 bridgehead atoms. The van der Waals surface area contributed by atoms with Crippen molar-refractivity contribution in [1.29, 1.82) is 0 Å². The summed E-state index contributed by atoms with van der Waals surface area (Å²) in [6.07, 6.45) is -4.38. The van der Waals surface area contributed by atoms with E-state index in [1.165, 1.54) is 0 Å². The second-order valence-corrected chi connectivity index (χ2v) is 4.04. The first-order chi connectivity index (χ1) is 7.07. The van der Waals surface area contributed by atoms with Crippen LogP contribution >= 0.6 is 0 Å². The smallest absolute Gasteiger partial charge is 0.475 e. The summed E-state index contributed by atoms with van der Waals surface area (Å²) in [7, 11) is 0. The topological polar surface area (TPSA) is 66.4 Å². The zero-order valence-electron chi connectivity index (χ0n) is 9.02. The first-order valence-corrected chi connectivity index (χ1v) is 4.61. The Labute approximate surface area is 90.8 Å². The number of Topliss-reactive ketones (excluding diaryl/α,β-unsaturated/α-hetero) is 1. The molecule has 16 heavy (non-hydrogen) atoms. The molecule has 94 valence electrons. The maximum atomic E-state index is 11.1. The fourth-order valence-electron chi connectivity index (χ4n) is 1.04. The number of ketones is 1. The van der Waals surface area contributed by atoms with Crippen molar-refractivity contribution in [1.82, 2.24) is 5.32 Å². The summed E-state index contributed by atoms with van der Waals surface area (Å²) in [5, 5.41) is 10.3. The van der Waals surface area contributed by atoms with Gasteiger partial charge >= 0.3 is 12.1 Å². The molecular formula is C9H14F3NO3. The van der Waals surface area contributed by atoms with Gasteiger partial charge in [-0.25, -0.2) is 4.79 Å². The third kappa shape index (κ3) is 5.11. The predicted octanol–water partition coefficient (Wildman–Crippen LogP) is 1.21. The van der Waals surface area contributed by atoms with Crippen LogP contribution in [0.5, 0.6) is 0 Å². The van der Waals surface area contributed by atoms with Crippen LogP contribution in [0.1, 0.15) is 20.3 Å². The Balaban J connectivity index is 0.000000293. The van der Waals surface area contributed by atoms with Gasteiger partial charge in [-0.3, -0.25) is 4.79 Å². The molecule has 4 nitrogen and oxygen atoms in total. The van der Waals surface area contributed by atoms with Crippen molar-refractivity contribution in [3.63, 3.8) is 0 Å². The predicted molar refractivity (Wildman–Crippen MR) is 50.0 cm³/mol. The van der Waals surface area contributed by atoms with E-state index in [9.17, 15) is 18.0 Å². The van der Waals surface area contributed by atoms with Crippen LogP contribution in [0.3, 0.4) is 0 Å². The first-order valence-electron chi connectivity index (χ1n) is 4.61. The zero-order valence-corrected chi connectivity index (χ0v) is 9.02. The van der Waals surface area contributed by atoms with E-state index < -0.39 is 12.1 Å². The van der Waals surface area contributed by atoms with Gasteiger partial charge < -0.3 is 10.4 Å². The minimum atomic E-state index is -5.08. The van der Waals surface area contributed by atoms with Crippen molar-refractivity contribution < 1.29 is 27.9 Å². The van der Waals surface area contributed by atoms with Gasteiger partial charge in [0.1, 0.15) is 5.78 Å². The largest absolute Gasteiger partial charge is 0.490 e. The summed E-state index contributed by atoms with van der Waals surface area (Å²) in [4.78, 5) is 20.0. The number of alkyl halides is 3. The molecule has 7 heteroatoms. The van der Waals surface area contributed by atoms with Crippen molar-refractivity contribution in [3.05, 3.63) is 0 Å². The van der Waals surface area contributed by atoms with E-state index in [-0.39, 0.29) is 5.41 Å². The summed E-state index contributed by atoms with van der Waals surface area (Å²) in [6, 6.07) is 0. The number of halogens is 3. The molecule has 2 N–H and O–H groups in total. The van der Waals surface area contributed by atoms with Crippen molar-refractivity contribution in [2.24, 2.45) is 5.41 Å². The van der Waals surface area contributed by atoms with E-state index in [1.54, 1.807) is 0 Å². The Morgan fingerprint density at radius 1 is 1.44 bits per heavy atom. The Morgan fingerprint density at radius 3 is 2.06 bits per heavy atom. The van der Waals surface area contributed by atoms with Gasteiger partial charge in [0.15, 0.2) is 0 Å². The van der Waals surface area contributed by atoms with Gasteiger partial charge in [-0.15, -0.1) is 0 Å². The Bertz CT molecular complexity index is 274. The molecule has 0 saturated carbocycles. The van der Waals surface area contributed by atoms with Crippen molar-refractivity contribution in [2.45, 2.75) is 26.4 Å². The normalized spacial score (nSPS) is 19.7. The van der Waals surface area contributed by atoms with Crippen LogP contribution < -0.4 is 5.32 Å². The number of carboxylic acids is 1. The highest BCUT2D eigenvalue weighted by molar-refractivity contribution is 5.85. The molecule has 1 heterocycles. The maximum absolute atomic E-state index is 11.1. The fraction of sp³-hybridized carbons (Fsp3) is 0.778. The van der Waals surface area contributed by atoms with E-state index >= 15 is 0 Å². The summed E-state index contributed by atoms with van der Waals surface area (Å²) in [5.41, 5.74) is -0.113. The molecule has 0 aromatic heterocycles. The van der Waals surface area contributed by atoms with E-state index in [1.807, 2.05) is 13.8 Å². The van der Waals surface area contributed by atoms with Crippen LogP contribution in [0.25, 0.3) is 0 Å². The van der Waals surface area contributed by atoms with Crippen LogP contribution in [-0.4, -0.2) is 36.1 Å². The molecule has 1 saturated heterocycles. The van der Waals surface area contributed by atoms with Gasteiger partial charge in [0, 0.05) is 24.9 Å². The van der Waals surface area contributed by atoms with Gasteiger partial charge in [-0.2, -0.15) is 13.2 Å². The highest BCUT2D eigenvalue weighted by Crippen LogP contribution is 2.19. The number of carbonyl (C=O) groups excluding carboxylic acids is 1. The Morgan fingerprint density at radius 2 is 1.88 bits per heavy atom. The number of nitrogens with one attached hydrogen (secondary N) is 1. The van der Waals surface area contributed by atoms with E-state index in [0.29, 0.717) is 12.2 Å². The Kier molecular flexibility index (Phi) is 4.92. The summed E-state index contributed by atoms with van der Waals surface area (Å²) < 4.78 is 31.7. The summed E-state index contributed by atoms with van der Waals surface area (Å²) >= 11 is 0. The van der Waals surface area contributed by atoms with Crippen LogP contribution in [0.15, 0.2) is 0 Å². The first kappa shape index (κ1) is 14.9. The van der Waals surface area contributed by atoms with Gasteiger partial charge in [-0.05, 0) is 0 Å². The number of hydrogen-bond acceptors (Lipinski definition) is 3. The molecule has 1 rings (SSSR count). The molecule has 1 aliphatic rings.